The number of nitrogens with zero attached hydrogens (tertiary/aromatic N) is 4. The average molecular weight is 296 g/mol. The van der Waals surface area contributed by atoms with Gasteiger partial charge in [0.25, 0.3) is 5.91 Å². The van der Waals surface area contributed by atoms with E-state index in [0.29, 0.717) is 17.9 Å². The van der Waals surface area contributed by atoms with Gasteiger partial charge in [0.1, 0.15) is 5.76 Å². The van der Waals surface area contributed by atoms with Crippen molar-refractivity contribution in [3.8, 4) is 5.69 Å². The summed E-state index contributed by atoms with van der Waals surface area (Å²) < 4.78 is 5.26. The molecule has 0 unspecified atom stereocenters. The van der Waals surface area contributed by atoms with Gasteiger partial charge in [-0.05, 0) is 31.2 Å². The number of hydrogen-bond donors (Lipinski definition) is 0. The maximum Gasteiger partial charge on any atom is 0.276 e. The molecule has 1 aromatic carbocycles. The molecule has 6 nitrogen and oxygen atoms in total. The van der Waals surface area contributed by atoms with Gasteiger partial charge >= 0.3 is 0 Å². The van der Waals surface area contributed by atoms with Gasteiger partial charge in [0.15, 0.2) is 5.69 Å². The summed E-state index contributed by atoms with van der Waals surface area (Å²) >= 11 is 0. The van der Waals surface area contributed by atoms with Crippen molar-refractivity contribution in [3.05, 3.63) is 65.9 Å². The monoisotopic (exact) mass is 296 g/mol. The number of hydrogen-bond acceptors (Lipinski definition) is 4. The average Bonchev–Trinajstić information content (AvgIpc) is 3.17. The third kappa shape index (κ3) is 2.76. The normalized spacial score (nSPS) is 10.6. The maximum absolute atomic E-state index is 12.5. The van der Waals surface area contributed by atoms with Crippen LogP contribution in [0.1, 0.15) is 21.9 Å². The molecule has 2 heterocycles. The van der Waals surface area contributed by atoms with Crippen LogP contribution in [0.15, 0.2) is 53.1 Å². The Morgan fingerprint density at radius 2 is 1.95 bits per heavy atom. The first-order valence-corrected chi connectivity index (χ1v) is 6.92. The molecule has 6 heteroatoms. The molecule has 0 aliphatic heterocycles. The molecule has 0 saturated carbocycles. The van der Waals surface area contributed by atoms with Crippen LogP contribution < -0.4 is 0 Å². The van der Waals surface area contributed by atoms with Crippen LogP contribution in [-0.4, -0.2) is 32.8 Å². The van der Waals surface area contributed by atoms with Crippen LogP contribution in [0.25, 0.3) is 5.69 Å². The highest BCUT2D eigenvalue weighted by molar-refractivity contribution is 5.93. The molecule has 3 aromatic rings. The van der Waals surface area contributed by atoms with E-state index in [1.54, 1.807) is 31.2 Å². The van der Waals surface area contributed by atoms with E-state index in [1.165, 1.54) is 4.80 Å². The molecule has 2 aromatic heterocycles. The minimum atomic E-state index is -0.184. The molecule has 0 radical (unpaired) electrons. The fourth-order valence-corrected chi connectivity index (χ4v) is 2.14. The summed E-state index contributed by atoms with van der Waals surface area (Å²) in [6.07, 6.45) is 1.59. The van der Waals surface area contributed by atoms with E-state index in [4.69, 9.17) is 4.42 Å². The Bertz CT molecular complexity index is 763. The highest BCUT2D eigenvalue weighted by Gasteiger charge is 2.20. The Morgan fingerprint density at radius 3 is 2.64 bits per heavy atom. The van der Waals surface area contributed by atoms with Crippen molar-refractivity contribution in [1.82, 2.24) is 19.9 Å². The molecule has 112 valence electrons. The van der Waals surface area contributed by atoms with Crippen molar-refractivity contribution in [3.63, 3.8) is 0 Å². The molecule has 0 atom stereocenters. The van der Waals surface area contributed by atoms with Crippen molar-refractivity contribution < 1.29 is 9.21 Å². The fraction of sp³-hybridized carbons (Fsp3) is 0.188. The fourth-order valence-electron chi connectivity index (χ4n) is 2.14. The lowest BCUT2D eigenvalue weighted by Crippen LogP contribution is -2.27. The van der Waals surface area contributed by atoms with Crippen LogP contribution in [0.2, 0.25) is 0 Å². The minimum absolute atomic E-state index is 0.184. The van der Waals surface area contributed by atoms with E-state index < -0.39 is 0 Å². The number of benzene rings is 1. The lowest BCUT2D eigenvalue weighted by Gasteiger charge is -2.14. The molecule has 0 spiro atoms. The van der Waals surface area contributed by atoms with Gasteiger partial charge in [0.05, 0.1) is 24.2 Å². The SMILES string of the molecule is Cc1nn(-c2ccccc2)nc1C(=O)N(C)Cc1ccco1. The van der Waals surface area contributed by atoms with E-state index in [2.05, 4.69) is 10.2 Å². The smallest absolute Gasteiger partial charge is 0.276 e. The number of furan rings is 1. The largest absolute Gasteiger partial charge is 0.467 e. The molecule has 3 rings (SSSR count). The predicted octanol–water partition coefficient (Wildman–Crippen LogP) is 2.44. The van der Waals surface area contributed by atoms with Crippen molar-refractivity contribution in [2.45, 2.75) is 13.5 Å². The van der Waals surface area contributed by atoms with Crippen LogP contribution in [0, 0.1) is 6.92 Å². The molecule has 1 amide bonds. The van der Waals surface area contributed by atoms with E-state index in [1.807, 2.05) is 36.4 Å². The summed E-state index contributed by atoms with van der Waals surface area (Å²) in [6, 6.07) is 13.1. The number of aryl methyl sites for hydroxylation is 1. The van der Waals surface area contributed by atoms with Gasteiger partial charge in [0.2, 0.25) is 0 Å². The lowest BCUT2D eigenvalue weighted by atomic mass is 10.3. The van der Waals surface area contributed by atoms with Gasteiger partial charge in [-0.3, -0.25) is 4.79 Å². The Kier molecular flexibility index (Phi) is 3.74. The summed E-state index contributed by atoms with van der Waals surface area (Å²) in [5, 5.41) is 8.63. The number of carbonyl (C=O) groups excluding carboxylic acids is 1. The summed E-state index contributed by atoms with van der Waals surface area (Å²) in [5.74, 6) is 0.542. The zero-order chi connectivity index (χ0) is 15.5. The highest BCUT2D eigenvalue weighted by atomic mass is 16.3. The zero-order valence-corrected chi connectivity index (χ0v) is 12.4. The first kappa shape index (κ1) is 14.1. The van der Waals surface area contributed by atoms with E-state index >= 15 is 0 Å². The first-order chi connectivity index (χ1) is 10.6. The molecular weight excluding hydrogens is 280 g/mol. The van der Waals surface area contributed by atoms with Gasteiger partial charge in [-0.25, -0.2) is 0 Å². The van der Waals surface area contributed by atoms with Crippen LogP contribution in [0.4, 0.5) is 0 Å². The van der Waals surface area contributed by atoms with Crippen LogP contribution in [0.3, 0.4) is 0 Å². The molecule has 0 fully saturated rings. The number of aromatic nitrogens is 3. The molecular formula is C16H16N4O2. The third-order valence-corrected chi connectivity index (χ3v) is 3.29. The van der Waals surface area contributed by atoms with Gasteiger partial charge < -0.3 is 9.32 Å². The molecule has 0 aliphatic carbocycles. The second kappa shape index (κ2) is 5.85. The highest BCUT2D eigenvalue weighted by Crippen LogP contribution is 2.12. The third-order valence-electron chi connectivity index (χ3n) is 3.29. The van der Waals surface area contributed by atoms with E-state index in [9.17, 15) is 4.79 Å². The van der Waals surface area contributed by atoms with Crippen LogP contribution in [0.5, 0.6) is 0 Å². The molecule has 0 bridgehead atoms. The van der Waals surface area contributed by atoms with Gasteiger partial charge in [0, 0.05) is 7.05 Å². The Morgan fingerprint density at radius 1 is 1.18 bits per heavy atom. The summed E-state index contributed by atoms with van der Waals surface area (Å²) in [6.45, 7) is 2.17. The van der Waals surface area contributed by atoms with Gasteiger partial charge in [-0.15, -0.1) is 5.10 Å². The van der Waals surface area contributed by atoms with Crippen LogP contribution >= 0.6 is 0 Å². The van der Waals surface area contributed by atoms with Crippen molar-refractivity contribution in [2.75, 3.05) is 7.05 Å². The number of amides is 1. The van der Waals surface area contributed by atoms with E-state index in [0.717, 1.165) is 11.4 Å². The molecule has 0 aliphatic rings. The Balaban J connectivity index is 1.82. The first-order valence-electron chi connectivity index (χ1n) is 6.92. The van der Waals surface area contributed by atoms with Crippen molar-refractivity contribution >= 4 is 5.91 Å². The molecule has 22 heavy (non-hydrogen) atoms. The summed E-state index contributed by atoms with van der Waals surface area (Å²) in [4.78, 5) is 15.5. The minimum Gasteiger partial charge on any atom is -0.467 e. The van der Waals surface area contributed by atoms with Crippen LogP contribution in [-0.2, 0) is 6.54 Å². The molecule has 0 N–H and O–H groups in total. The maximum atomic E-state index is 12.5. The van der Waals surface area contributed by atoms with Gasteiger partial charge in [-0.2, -0.15) is 9.90 Å². The van der Waals surface area contributed by atoms with Gasteiger partial charge in [-0.1, -0.05) is 18.2 Å². The van der Waals surface area contributed by atoms with Crippen molar-refractivity contribution in [2.24, 2.45) is 0 Å². The quantitative estimate of drug-likeness (QED) is 0.742. The second-order valence-electron chi connectivity index (χ2n) is 5.00. The number of rotatable bonds is 4. The van der Waals surface area contributed by atoms with Crippen molar-refractivity contribution in [1.29, 1.82) is 0 Å². The Hall–Kier alpha value is -2.89. The number of carbonyl (C=O) groups is 1. The summed E-state index contributed by atoms with van der Waals surface area (Å²) in [5.41, 5.74) is 1.76. The zero-order valence-electron chi connectivity index (χ0n) is 12.4. The second-order valence-corrected chi connectivity index (χ2v) is 5.00. The Labute approximate surface area is 128 Å². The predicted molar refractivity (Wildman–Crippen MR) is 80.6 cm³/mol. The standard InChI is InChI=1S/C16H16N4O2/c1-12-15(16(21)19(2)11-14-9-6-10-22-14)18-20(17-12)13-7-4-3-5-8-13/h3-10H,11H2,1-2H3. The molecule has 0 saturated heterocycles. The summed E-state index contributed by atoms with van der Waals surface area (Å²) in [7, 11) is 1.71. The lowest BCUT2D eigenvalue weighted by molar-refractivity contribution is 0.0768. The number of para-hydroxylation sites is 1. The van der Waals surface area contributed by atoms with E-state index in [-0.39, 0.29) is 5.91 Å². The topological polar surface area (TPSA) is 64.2 Å².